The monoisotopic (exact) mass is 447 g/mol. The number of nitrogens with zero attached hydrogens (tertiary/aromatic N) is 1. The molecule has 156 valence electrons. The first-order chi connectivity index (χ1) is 12.5. The van der Waals surface area contributed by atoms with Crippen LogP contribution < -0.4 is 20.1 Å². The number of halogens is 2. The fourth-order valence-electron chi connectivity index (χ4n) is 3.21. The lowest BCUT2D eigenvalue weighted by Crippen LogP contribution is -2.46. The van der Waals surface area contributed by atoms with Gasteiger partial charge in [0.2, 0.25) is 0 Å². The number of ether oxygens (including phenoxy) is 2. The van der Waals surface area contributed by atoms with Gasteiger partial charge in [0.15, 0.2) is 11.5 Å². The minimum Gasteiger partial charge on any atom is -0.493 e. The summed E-state index contributed by atoms with van der Waals surface area (Å²) in [6.07, 6.45) is 1.91. The maximum Gasteiger partial charge on any atom is 0.263 e. The van der Waals surface area contributed by atoms with Crippen LogP contribution in [-0.4, -0.2) is 43.7 Å². The van der Waals surface area contributed by atoms with E-state index in [-0.39, 0.29) is 36.8 Å². The Morgan fingerprint density at radius 3 is 2.61 bits per heavy atom. The summed E-state index contributed by atoms with van der Waals surface area (Å²) in [6.45, 7) is 4.96. The number of thiazole rings is 1. The first-order valence-corrected chi connectivity index (χ1v) is 9.57. The largest absolute Gasteiger partial charge is 0.493 e. The lowest BCUT2D eigenvalue weighted by molar-refractivity contribution is 0.0929. The lowest BCUT2D eigenvalue weighted by Gasteiger charge is -2.28. The highest BCUT2D eigenvalue weighted by Crippen LogP contribution is 2.35. The quantitative estimate of drug-likeness (QED) is 0.727. The lowest BCUT2D eigenvalue weighted by atomic mass is 10.0. The Labute approximate surface area is 182 Å². The normalized spacial score (nSPS) is 18.4. The molecular weight excluding hydrogens is 421 g/mol. The molecular formula is C19H27Cl2N3O3S. The predicted octanol–water partition coefficient (Wildman–Crippen LogP) is 3.85. The van der Waals surface area contributed by atoms with Crippen LogP contribution in [0, 0.1) is 6.92 Å². The van der Waals surface area contributed by atoms with E-state index in [0.29, 0.717) is 22.4 Å². The Balaban J connectivity index is 0.00000196. The summed E-state index contributed by atoms with van der Waals surface area (Å²) in [7, 11) is 3.21. The highest BCUT2D eigenvalue weighted by atomic mass is 35.5. The van der Waals surface area contributed by atoms with E-state index in [1.54, 1.807) is 14.2 Å². The van der Waals surface area contributed by atoms with Crippen molar-refractivity contribution in [2.45, 2.75) is 38.8 Å². The van der Waals surface area contributed by atoms with Crippen molar-refractivity contribution in [2.24, 2.45) is 0 Å². The number of piperidine rings is 1. The van der Waals surface area contributed by atoms with Gasteiger partial charge in [-0.25, -0.2) is 4.98 Å². The van der Waals surface area contributed by atoms with Gasteiger partial charge >= 0.3 is 0 Å². The number of benzene rings is 1. The van der Waals surface area contributed by atoms with E-state index in [1.165, 1.54) is 11.3 Å². The van der Waals surface area contributed by atoms with Crippen molar-refractivity contribution >= 4 is 42.1 Å². The Morgan fingerprint density at radius 1 is 1.25 bits per heavy atom. The summed E-state index contributed by atoms with van der Waals surface area (Å²) in [4.78, 5) is 18.0. The van der Waals surface area contributed by atoms with Crippen LogP contribution in [0.2, 0.25) is 0 Å². The van der Waals surface area contributed by atoms with Crippen LogP contribution in [0.25, 0.3) is 10.6 Å². The third-order valence-corrected chi connectivity index (χ3v) is 5.80. The fraction of sp³-hybridized carbons (Fsp3) is 0.474. The van der Waals surface area contributed by atoms with Gasteiger partial charge in [0, 0.05) is 17.6 Å². The third kappa shape index (κ3) is 5.50. The zero-order chi connectivity index (χ0) is 18.7. The molecule has 2 heterocycles. The van der Waals surface area contributed by atoms with Crippen molar-refractivity contribution < 1.29 is 14.3 Å². The minimum absolute atomic E-state index is 0. The van der Waals surface area contributed by atoms with Gasteiger partial charge in [0.05, 0.1) is 19.9 Å². The number of carbonyl (C=O) groups is 1. The number of carbonyl (C=O) groups excluding carboxylic acids is 1. The van der Waals surface area contributed by atoms with Gasteiger partial charge < -0.3 is 20.1 Å². The van der Waals surface area contributed by atoms with Gasteiger partial charge in [0.25, 0.3) is 5.91 Å². The van der Waals surface area contributed by atoms with Crippen LogP contribution in [0.5, 0.6) is 11.5 Å². The molecule has 28 heavy (non-hydrogen) atoms. The van der Waals surface area contributed by atoms with Crippen LogP contribution in [0.15, 0.2) is 18.2 Å². The average Bonchev–Trinajstić information content (AvgIpc) is 3.03. The maximum atomic E-state index is 12.7. The molecule has 3 rings (SSSR count). The smallest absolute Gasteiger partial charge is 0.263 e. The molecule has 1 saturated heterocycles. The second kappa shape index (κ2) is 10.9. The van der Waals surface area contributed by atoms with Crippen LogP contribution in [0.3, 0.4) is 0 Å². The SMILES string of the molecule is COc1ccc(-c2nc(C)c(C(=O)NC3CCNC(C)C3)s2)cc1OC.Cl.Cl. The molecule has 1 aliphatic heterocycles. The summed E-state index contributed by atoms with van der Waals surface area (Å²) in [5.74, 6) is 1.28. The van der Waals surface area contributed by atoms with Gasteiger partial charge in [-0.05, 0) is 51.4 Å². The molecule has 2 unspecified atom stereocenters. The van der Waals surface area contributed by atoms with Crippen molar-refractivity contribution in [1.82, 2.24) is 15.6 Å². The second-order valence-electron chi connectivity index (χ2n) is 6.55. The first-order valence-electron chi connectivity index (χ1n) is 8.76. The fourth-order valence-corrected chi connectivity index (χ4v) is 4.18. The van der Waals surface area contributed by atoms with E-state index in [9.17, 15) is 4.79 Å². The van der Waals surface area contributed by atoms with E-state index < -0.39 is 0 Å². The molecule has 9 heteroatoms. The van der Waals surface area contributed by atoms with Crippen molar-refractivity contribution in [3.63, 3.8) is 0 Å². The number of rotatable bonds is 5. The number of amides is 1. The summed E-state index contributed by atoms with van der Waals surface area (Å²) in [5, 5.41) is 7.36. The molecule has 6 nitrogen and oxygen atoms in total. The van der Waals surface area contributed by atoms with E-state index in [2.05, 4.69) is 22.5 Å². The molecule has 0 saturated carbocycles. The predicted molar refractivity (Wildman–Crippen MR) is 118 cm³/mol. The summed E-state index contributed by atoms with van der Waals surface area (Å²) >= 11 is 1.41. The third-order valence-electron chi connectivity index (χ3n) is 4.59. The Kier molecular flexibility index (Phi) is 9.50. The number of nitrogens with one attached hydrogen (secondary N) is 2. The summed E-state index contributed by atoms with van der Waals surface area (Å²) < 4.78 is 10.6. The van der Waals surface area contributed by atoms with Gasteiger partial charge in [0.1, 0.15) is 9.88 Å². The van der Waals surface area contributed by atoms with E-state index in [1.807, 2.05) is 25.1 Å². The van der Waals surface area contributed by atoms with Gasteiger partial charge in [-0.1, -0.05) is 0 Å². The molecule has 2 N–H and O–H groups in total. The molecule has 0 radical (unpaired) electrons. The van der Waals surface area contributed by atoms with E-state index >= 15 is 0 Å². The molecule has 0 spiro atoms. The zero-order valence-corrected chi connectivity index (χ0v) is 18.9. The Hall–Kier alpha value is -1.54. The number of hydrogen-bond acceptors (Lipinski definition) is 6. The maximum absolute atomic E-state index is 12.7. The van der Waals surface area contributed by atoms with E-state index in [0.717, 1.165) is 35.7 Å². The van der Waals surface area contributed by atoms with Crippen LogP contribution >= 0.6 is 36.2 Å². The van der Waals surface area contributed by atoms with Crippen molar-refractivity contribution in [3.05, 3.63) is 28.8 Å². The zero-order valence-electron chi connectivity index (χ0n) is 16.4. The Morgan fingerprint density at radius 2 is 1.96 bits per heavy atom. The molecule has 1 amide bonds. The summed E-state index contributed by atoms with van der Waals surface area (Å²) in [5.41, 5.74) is 1.66. The second-order valence-corrected chi connectivity index (χ2v) is 7.55. The van der Waals surface area contributed by atoms with Crippen LogP contribution in [0.1, 0.15) is 35.1 Å². The standard InChI is InChI=1S/C19H25N3O3S.2ClH/c1-11-9-14(7-8-20-11)22-18(23)17-12(2)21-19(26-17)13-5-6-15(24-3)16(10-13)25-4;;/h5-6,10-11,14,20H,7-9H2,1-4H3,(H,22,23);2*1H. The first kappa shape index (κ1) is 24.5. The molecule has 1 aliphatic rings. The van der Waals surface area contributed by atoms with Gasteiger partial charge in [-0.3, -0.25) is 4.79 Å². The van der Waals surface area contributed by atoms with Crippen LogP contribution in [0.4, 0.5) is 0 Å². The number of aromatic nitrogens is 1. The molecule has 0 bridgehead atoms. The summed E-state index contributed by atoms with van der Waals surface area (Å²) in [6, 6.07) is 6.30. The number of hydrogen-bond donors (Lipinski definition) is 2. The molecule has 2 atom stereocenters. The molecule has 2 aromatic rings. The Bertz CT molecular complexity index is 801. The molecule has 1 aromatic carbocycles. The molecule has 0 aliphatic carbocycles. The molecule has 1 fully saturated rings. The highest BCUT2D eigenvalue weighted by Gasteiger charge is 2.23. The topological polar surface area (TPSA) is 72.5 Å². The van der Waals surface area contributed by atoms with Crippen molar-refractivity contribution in [3.8, 4) is 22.1 Å². The van der Waals surface area contributed by atoms with Gasteiger partial charge in [-0.2, -0.15) is 0 Å². The van der Waals surface area contributed by atoms with Crippen molar-refractivity contribution in [1.29, 1.82) is 0 Å². The number of methoxy groups -OCH3 is 2. The minimum atomic E-state index is -0.0363. The number of aryl methyl sites for hydroxylation is 1. The van der Waals surface area contributed by atoms with Gasteiger partial charge in [-0.15, -0.1) is 36.2 Å². The molecule has 1 aromatic heterocycles. The van der Waals surface area contributed by atoms with Crippen LogP contribution in [-0.2, 0) is 0 Å². The van der Waals surface area contributed by atoms with E-state index in [4.69, 9.17) is 9.47 Å². The highest BCUT2D eigenvalue weighted by molar-refractivity contribution is 7.17. The average molecular weight is 448 g/mol. The van der Waals surface area contributed by atoms with Crippen molar-refractivity contribution in [2.75, 3.05) is 20.8 Å².